The maximum Gasteiger partial charge on any atom is 0.372 e. The third-order valence-corrected chi connectivity index (χ3v) is 3.34. The van der Waals surface area contributed by atoms with Crippen molar-refractivity contribution in [2.75, 3.05) is 13.7 Å². The lowest BCUT2D eigenvalue weighted by Crippen LogP contribution is -3.00. The van der Waals surface area contributed by atoms with Crippen LogP contribution in [0.2, 0.25) is 5.02 Å². The van der Waals surface area contributed by atoms with Crippen LogP contribution in [0, 0.1) is 5.82 Å². The second-order valence-electron chi connectivity index (χ2n) is 4.57. The molecule has 1 aliphatic rings. The largest absolute Gasteiger partial charge is 1.00 e. The molecule has 0 fully saturated rings. The minimum Gasteiger partial charge on any atom is -1.00 e. The van der Waals surface area contributed by atoms with E-state index in [2.05, 4.69) is 13.8 Å². The van der Waals surface area contributed by atoms with Gasteiger partial charge < -0.3 is 28.7 Å². The summed E-state index contributed by atoms with van der Waals surface area (Å²) < 4.78 is 20.9. The molecule has 0 aromatic heterocycles. The first-order chi connectivity index (χ1) is 7.43. The van der Waals surface area contributed by atoms with Gasteiger partial charge in [-0.3, -0.25) is 0 Å². The quantitative estimate of drug-likeness (QED) is 0.488. The fraction of sp³-hybridized carbons (Fsp3) is 0.417. The number of hydrogen-bond donors (Lipinski definition) is 0. The Labute approximate surface area is 122 Å². The minimum absolute atomic E-state index is 0. The number of nitrogens with zero attached hydrogens (tertiary/aromatic N) is 1. The molecule has 2 nitrogen and oxygen atoms in total. The first-order valence-corrected chi connectivity index (χ1v) is 5.49. The summed E-state index contributed by atoms with van der Waals surface area (Å²) in [6, 6.07) is 4.73. The summed E-state index contributed by atoms with van der Waals surface area (Å²) in [6.07, 6.45) is 0. The van der Waals surface area contributed by atoms with E-state index in [1.807, 2.05) is 11.6 Å². The van der Waals surface area contributed by atoms with Crippen molar-refractivity contribution in [3.05, 3.63) is 34.6 Å². The first-order valence-electron chi connectivity index (χ1n) is 5.11. The Morgan fingerprint density at radius 1 is 1.41 bits per heavy atom. The first kappa shape index (κ1) is 14.7. The van der Waals surface area contributed by atoms with E-state index in [-0.39, 0.29) is 34.5 Å². The van der Waals surface area contributed by atoms with Crippen LogP contribution in [0.5, 0.6) is 0 Å². The lowest BCUT2D eigenvalue weighted by molar-refractivity contribution is -0.562. The highest BCUT2D eigenvalue weighted by Gasteiger charge is 2.41. The van der Waals surface area contributed by atoms with E-state index >= 15 is 0 Å². The molecule has 1 aromatic rings. The highest BCUT2D eigenvalue weighted by Crippen LogP contribution is 2.25. The van der Waals surface area contributed by atoms with Crippen molar-refractivity contribution in [2.24, 2.45) is 0 Å². The summed E-state index contributed by atoms with van der Waals surface area (Å²) >= 11 is 5.93. The molecule has 17 heavy (non-hydrogen) atoms. The maximum absolute atomic E-state index is 13.3. The molecule has 0 amide bonds. The fourth-order valence-electron chi connectivity index (χ4n) is 1.64. The van der Waals surface area contributed by atoms with Crippen molar-refractivity contribution in [3.63, 3.8) is 0 Å². The maximum atomic E-state index is 13.3. The molecule has 94 valence electrons. The van der Waals surface area contributed by atoms with E-state index in [9.17, 15) is 4.39 Å². The molecule has 0 radical (unpaired) electrons. The van der Waals surface area contributed by atoms with Gasteiger partial charge in [0.2, 0.25) is 0 Å². The van der Waals surface area contributed by atoms with Gasteiger partial charge in [0.15, 0.2) is 12.1 Å². The predicted molar refractivity (Wildman–Crippen MR) is 61.7 cm³/mol. The molecule has 0 bridgehead atoms. The molecular weight excluding hydrogens is 355 g/mol. The van der Waals surface area contributed by atoms with Crippen molar-refractivity contribution in [3.8, 4) is 0 Å². The smallest absolute Gasteiger partial charge is 0.372 e. The number of likely N-dealkylation sites (N-methyl/N-ethyl adjacent to an activating group) is 1. The van der Waals surface area contributed by atoms with E-state index in [1.165, 1.54) is 6.07 Å². The minimum atomic E-state index is -0.423. The highest BCUT2D eigenvalue weighted by atomic mass is 127. The van der Waals surface area contributed by atoms with Gasteiger partial charge in [-0.15, -0.1) is 0 Å². The molecule has 0 saturated heterocycles. The lowest BCUT2D eigenvalue weighted by Gasteiger charge is -2.09. The number of benzene rings is 1. The second-order valence-corrected chi connectivity index (χ2v) is 4.94. The number of hydrogen-bond acceptors (Lipinski definition) is 1. The zero-order chi connectivity index (χ0) is 11.9. The summed E-state index contributed by atoms with van der Waals surface area (Å²) in [5.74, 6) is 0.211. The second kappa shape index (κ2) is 5.10. The van der Waals surface area contributed by atoms with Crippen LogP contribution < -0.4 is 24.0 Å². The Balaban J connectivity index is 0.00000144. The van der Waals surface area contributed by atoms with Gasteiger partial charge in [0.1, 0.15) is 18.4 Å². The van der Waals surface area contributed by atoms with Crippen LogP contribution in [0.15, 0.2) is 18.2 Å². The average Bonchev–Trinajstić information content (AvgIpc) is 2.48. The van der Waals surface area contributed by atoms with E-state index < -0.39 is 5.82 Å². The van der Waals surface area contributed by atoms with Crippen molar-refractivity contribution in [2.45, 2.75) is 19.4 Å². The summed E-state index contributed by atoms with van der Waals surface area (Å²) in [5, 5.41) is 0.113. The lowest BCUT2D eigenvalue weighted by atomic mass is 10.1. The number of halogens is 3. The van der Waals surface area contributed by atoms with Crippen molar-refractivity contribution < 1.29 is 37.7 Å². The summed E-state index contributed by atoms with van der Waals surface area (Å²) in [5.41, 5.74) is 0.514. The number of ether oxygens (including phenoxy) is 1. The Kier molecular flexibility index (Phi) is 4.41. The SMILES string of the molecule is C[N+]1=C(c2cccc(F)c2Cl)OCC1(C)C.[I-]. The standard InChI is InChI=1S/C12H14ClFNO.HI/c1-12(2)7-16-11(15(12)3)8-5-4-6-9(14)10(8)13;/h4-6H,7H2,1-3H3;1H/q+1;/p-1. The van der Waals surface area contributed by atoms with Crippen molar-refractivity contribution in [1.29, 1.82) is 0 Å². The molecule has 1 heterocycles. The van der Waals surface area contributed by atoms with Gasteiger partial charge in [-0.05, 0) is 12.1 Å². The Bertz CT molecular complexity index is 474. The van der Waals surface area contributed by atoms with Gasteiger partial charge in [-0.1, -0.05) is 17.7 Å². The van der Waals surface area contributed by atoms with Gasteiger partial charge in [0.05, 0.1) is 5.02 Å². The van der Waals surface area contributed by atoms with Gasteiger partial charge in [0, 0.05) is 13.8 Å². The molecule has 5 heteroatoms. The molecule has 1 aliphatic heterocycles. The Morgan fingerprint density at radius 3 is 2.59 bits per heavy atom. The molecule has 0 spiro atoms. The van der Waals surface area contributed by atoms with E-state index in [1.54, 1.807) is 12.1 Å². The monoisotopic (exact) mass is 369 g/mol. The molecule has 2 rings (SSSR count). The normalized spacial score (nSPS) is 17.7. The van der Waals surface area contributed by atoms with Gasteiger partial charge in [0.25, 0.3) is 0 Å². The summed E-state index contributed by atoms with van der Waals surface area (Å²) in [7, 11) is 1.92. The van der Waals surface area contributed by atoms with Crippen LogP contribution in [0.25, 0.3) is 0 Å². The third-order valence-electron chi connectivity index (χ3n) is 2.96. The molecule has 0 aliphatic carbocycles. The van der Waals surface area contributed by atoms with E-state index in [0.29, 0.717) is 18.1 Å². The fourth-order valence-corrected chi connectivity index (χ4v) is 1.85. The summed E-state index contributed by atoms with van der Waals surface area (Å²) in [6.45, 7) is 4.70. The van der Waals surface area contributed by atoms with Crippen LogP contribution in [-0.4, -0.2) is 29.7 Å². The molecule has 1 aromatic carbocycles. The molecule has 0 unspecified atom stereocenters. The molecular formula is C12H14ClFINO. The van der Waals surface area contributed by atoms with Gasteiger partial charge in [-0.2, -0.15) is 4.58 Å². The molecule has 0 saturated carbocycles. The van der Waals surface area contributed by atoms with E-state index in [0.717, 1.165) is 0 Å². The summed E-state index contributed by atoms with van der Waals surface area (Å²) in [4.78, 5) is 0. The molecule has 0 atom stereocenters. The van der Waals surface area contributed by atoms with Gasteiger partial charge >= 0.3 is 5.90 Å². The van der Waals surface area contributed by atoms with Crippen LogP contribution in [0.1, 0.15) is 19.4 Å². The van der Waals surface area contributed by atoms with Crippen LogP contribution in [0.4, 0.5) is 4.39 Å². The van der Waals surface area contributed by atoms with Crippen LogP contribution in [0.3, 0.4) is 0 Å². The Hall–Kier alpha value is -0.360. The van der Waals surface area contributed by atoms with Crippen molar-refractivity contribution >= 4 is 17.5 Å². The van der Waals surface area contributed by atoms with Crippen molar-refractivity contribution in [1.82, 2.24) is 0 Å². The van der Waals surface area contributed by atoms with Crippen LogP contribution >= 0.6 is 11.6 Å². The van der Waals surface area contributed by atoms with E-state index in [4.69, 9.17) is 16.3 Å². The topological polar surface area (TPSA) is 12.2 Å². The number of rotatable bonds is 1. The molecule has 0 N–H and O–H groups in total. The average molecular weight is 370 g/mol. The highest BCUT2D eigenvalue weighted by molar-refractivity contribution is 6.33. The Morgan fingerprint density at radius 2 is 2.06 bits per heavy atom. The zero-order valence-corrected chi connectivity index (χ0v) is 12.8. The third kappa shape index (κ3) is 2.57. The zero-order valence-electron chi connectivity index (χ0n) is 9.93. The van der Waals surface area contributed by atoms with Crippen LogP contribution in [-0.2, 0) is 4.74 Å². The van der Waals surface area contributed by atoms with Gasteiger partial charge in [-0.25, -0.2) is 4.39 Å². The predicted octanol–water partition coefficient (Wildman–Crippen LogP) is -0.319.